The van der Waals surface area contributed by atoms with Crippen molar-refractivity contribution >= 4 is 16.7 Å². The smallest absolute Gasteiger partial charge is 0.287 e. The molecule has 2 atom stereocenters. The molecule has 0 bridgehead atoms. The molecule has 5 heteroatoms. The first kappa shape index (κ1) is 17.6. The summed E-state index contributed by atoms with van der Waals surface area (Å²) in [6.07, 6.45) is 1.87. The second kappa shape index (κ2) is 7.84. The summed E-state index contributed by atoms with van der Waals surface area (Å²) in [5.74, 6) is 1.58. The van der Waals surface area contributed by atoms with E-state index in [4.69, 9.17) is 9.15 Å². The highest BCUT2D eigenvalue weighted by Crippen LogP contribution is 2.22. The Morgan fingerprint density at radius 3 is 2.89 bits per heavy atom. The van der Waals surface area contributed by atoms with Gasteiger partial charge in [0.15, 0.2) is 5.76 Å². The van der Waals surface area contributed by atoms with Gasteiger partial charge in [-0.2, -0.15) is 0 Å². The summed E-state index contributed by atoms with van der Waals surface area (Å²) in [5, 5.41) is 8.75. The van der Waals surface area contributed by atoms with Gasteiger partial charge in [-0.25, -0.2) is 0 Å². The molecule has 0 spiro atoms. The van der Waals surface area contributed by atoms with Crippen LogP contribution in [-0.2, 0) is 6.61 Å². The Balaban J connectivity index is 1.35. The van der Waals surface area contributed by atoms with Crippen molar-refractivity contribution in [2.24, 2.45) is 0 Å². The van der Waals surface area contributed by atoms with E-state index in [0.717, 1.165) is 30.5 Å². The lowest BCUT2D eigenvalue weighted by Crippen LogP contribution is -2.46. The van der Waals surface area contributed by atoms with Gasteiger partial charge in [-0.15, -0.1) is 0 Å². The summed E-state index contributed by atoms with van der Waals surface area (Å²) in [6.45, 7) is 3.35. The number of hydrogen-bond donors (Lipinski definition) is 2. The summed E-state index contributed by atoms with van der Waals surface area (Å²) < 4.78 is 11.5. The van der Waals surface area contributed by atoms with Gasteiger partial charge < -0.3 is 19.8 Å². The van der Waals surface area contributed by atoms with Crippen LogP contribution in [0.2, 0.25) is 0 Å². The van der Waals surface area contributed by atoms with Crippen LogP contribution in [0, 0.1) is 0 Å². The Morgan fingerprint density at radius 2 is 2.04 bits per heavy atom. The van der Waals surface area contributed by atoms with Crippen LogP contribution in [0.15, 0.2) is 59.0 Å². The zero-order valence-electron chi connectivity index (χ0n) is 15.4. The number of benzene rings is 2. The van der Waals surface area contributed by atoms with Gasteiger partial charge in [0.1, 0.15) is 18.1 Å². The second-order valence-electron chi connectivity index (χ2n) is 7.11. The fourth-order valence-corrected chi connectivity index (χ4v) is 3.51. The predicted octanol–water partition coefficient (Wildman–Crippen LogP) is 3.88. The minimum atomic E-state index is -0.161. The molecule has 1 fully saturated rings. The van der Waals surface area contributed by atoms with Crippen LogP contribution < -0.4 is 15.4 Å². The van der Waals surface area contributed by atoms with Gasteiger partial charge in [-0.1, -0.05) is 30.3 Å². The van der Waals surface area contributed by atoms with E-state index >= 15 is 0 Å². The van der Waals surface area contributed by atoms with Crippen LogP contribution in [0.4, 0.5) is 0 Å². The van der Waals surface area contributed by atoms with E-state index in [2.05, 4.69) is 29.7 Å². The molecule has 27 heavy (non-hydrogen) atoms. The molecule has 1 aromatic heterocycles. The number of carbonyl (C=O) groups excluding carboxylic acids is 1. The number of ether oxygens (including phenoxy) is 1. The summed E-state index contributed by atoms with van der Waals surface area (Å²) >= 11 is 0. The molecule has 5 nitrogen and oxygen atoms in total. The number of amides is 1. The first-order valence-corrected chi connectivity index (χ1v) is 9.42. The zero-order valence-corrected chi connectivity index (χ0v) is 15.4. The maximum atomic E-state index is 12.4. The number of piperidine rings is 1. The lowest BCUT2D eigenvalue weighted by Gasteiger charge is -2.28. The SMILES string of the molecule is CC1CC(NC(=O)c2ccc(COc3ccc4ccccc4c3)o2)CCN1. The molecule has 1 amide bonds. The van der Waals surface area contributed by atoms with E-state index in [1.807, 2.05) is 30.3 Å². The molecule has 3 aromatic rings. The van der Waals surface area contributed by atoms with Gasteiger partial charge in [0.2, 0.25) is 0 Å². The van der Waals surface area contributed by atoms with Gasteiger partial charge >= 0.3 is 0 Å². The largest absolute Gasteiger partial charge is 0.486 e. The third-order valence-corrected chi connectivity index (χ3v) is 4.95. The van der Waals surface area contributed by atoms with Crippen LogP contribution >= 0.6 is 0 Å². The number of hydrogen-bond acceptors (Lipinski definition) is 4. The first-order chi connectivity index (χ1) is 13.2. The molecule has 0 aliphatic carbocycles. The molecular weight excluding hydrogens is 340 g/mol. The van der Waals surface area contributed by atoms with E-state index < -0.39 is 0 Å². The topological polar surface area (TPSA) is 63.5 Å². The average Bonchev–Trinajstić information content (AvgIpc) is 3.15. The van der Waals surface area contributed by atoms with Crippen LogP contribution in [-0.4, -0.2) is 24.5 Å². The van der Waals surface area contributed by atoms with Crippen molar-refractivity contribution in [1.82, 2.24) is 10.6 Å². The Labute approximate surface area is 158 Å². The number of nitrogens with one attached hydrogen (secondary N) is 2. The number of furan rings is 1. The van der Waals surface area contributed by atoms with Crippen LogP contribution in [0.5, 0.6) is 5.75 Å². The van der Waals surface area contributed by atoms with Crippen LogP contribution in [0.1, 0.15) is 36.1 Å². The highest BCUT2D eigenvalue weighted by Gasteiger charge is 2.21. The van der Waals surface area contributed by atoms with Crippen molar-refractivity contribution in [3.63, 3.8) is 0 Å². The van der Waals surface area contributed by atoms with Gasteiger partial charge in [-0.05, 0) is 61.3 Å². The van der Waals surface area contributed by atoms with Crippen molar-refractivity contribution in [3.05, 3.63) is 66.1 Å². The van der Waals surface area contributed by atoms with Crippen molar-refractivity contribution in [1.29, 1.82) is 0 Å². The Bertz CT molecular complexity index is 934. The van der Waals surface area contributed by atoms with E-state index in [9.17, 15) is 4.79 Å². The lowest BCUT2D eigenvalue weighted by atomic mass is 10.0. The summed E-state index contributed by atoms with van der Waals surface area (Å²) in [4.78, 5) is 12.4. The highest BCUT2D eigenvalue weighted by molar-refractivity contribution is 5.91. The average molecular weight is 364 g/mol. The van der Waals surface area contributed by atoms with E-state index in [0.29, 0.717) is 17.6 Å². The summed E-state index contributed by atoms with van der Waals surface area (Å²) in [7, 11) is 0. The molecule has 1 aliphatic heterocycles. The lowest BCUT2D eigenvalue weighted by molar-refractivity contribution is 0.0893. The van der Waals surface area contributed by atoms with Crippen LogP contribution in [0.25, 0.3) is 10.8 Å². The second-order valence-corrected chi connectivity index (χ2v) is 7.11. The Hall–Kier alpha value is -2.79. The normalized spacial score (nSPS) is 19.7. The molecule has 2 heterocycles. The molecule has 2 unspecified atom stereocenters. The van der Waals surface area contributed by atoms with Crippen molar-refractivity contribution in [2.45, 2.75) is 38.5 Å². The Kier molecular flexibility index (Phi) is 5.12. The molecule has 0 saturated carbocycles. The standard InChI is InChI=1S/C22H24N2O3/c1-15-12-18(10-11-23-15)24-22(25)21-9-8-20(27-21)14-26-19-7-6-16-4-2-3-5-17(16)13-19/h2-9,13,15,18,23H,10-12,14H2,1H3,(H,24,25). The maximum absolute atomic E-state index is 12.4. The molecule has 2 N–H and O–H groups in total. The van der Waals surface area contributed by atoms with E-state index in [1.54, 1.807) is 12.1 Å². The zero-order chi connectivity index (χ0) is 18.6. The third-order valence-electron chi connectivity index (χ3n) is 4.95. The Morgan fingerprint density at radius 1 is 1.19 bits per heavy atom. The minimum Gasteiger partial charge on any atom is -0.486 e. The fraction of sp³-hybridized carbons (Fsp3) is 0.318. The van der Waals surface area contributed by atoms with Crippen molar-refractivity contribution < 1.29 is 13.9 Å². The molecule has 0 radical (unpaired) electrons. The van der Waals surface area contributed by atoms with Gasteiger partial charge in [0, 0.05) is 12.1 Å². The summed E-state index contributed by atoms with van der Waals surface area (Å²) in [5.41, 5.74) is 0. The predicted molar refractivity (Wildman–Crippen MR) is 105 cm³/mol. The molecule has 4 rings (SSSR count). The molecule has 1 aliphatic rings. The maximum Gasteiger partial charge on any atom is 0.287 e. The van der Waals surface area contributed by atoms with Crippen molar-refractivity contribution in [3.8, 4) is 5.75 Å². The van der Waals surface area contributed by atoms with Gasteiger partial charge in [0.05, 0.1) is 0 Å². The van der Waals surface area contributed by atoms with E-state index in [-0.39, 0.29) is 18.6 Å². The van der Waals surface area contributed by atoms with E-state index in [1.165, 1.54) is 5.39 Å². The quantitative estimate of drug-likeness (QED) is 0.721. The van der Waals surface area contributed by atoms with Gasteiger partial charge in [0.25, 0.3) is 5.91 Å². The number of fused-ring (bicyclic) bond motifs is 1. The molecule has 2 aromatic carbocycles. The number of carbonyl (C=O) groups is 1. The first-order valence-electron chi connectivity index (χ1n) is 9.42. The van der Waals surface area contributed by atoms with Gasteiger partial charge in [-0.3, -0.25) is 4.79 Å². The molecule has 1 saturated heterocycles. The summed E-state index contributed by atoms with van der Waals surface area (Å²) in [6, 6.07) is 18.2. The minimum absolute atomic E-state index is 0.161. The van der Waals surface area contributed by atoms with Crippen molar-refractivity contribution in [2.75, 3.05) is 6.54 Å². The van der Waals surface area contributed by atoms with Crippen LogP contribution in [0.3, 0.4) is 0 Å². The third kappa shape index (κ3) is 4.31. The fourth-order valence-electron chi connectivity index (χ4n) is 3.51. The molecule has 140 valence electrons. The molecular formula is C22H24N2O3. The highest BCUT2D eigenvalue weighted by atomic mass is 16.5. The monoisotopic (exact) mass is 364 g/mol. The number of rotatable bonds is 5.